The number of hydrogen-bond donors (Lipinski definition) is 0. The summed E-state index contributed by atoms with van der Waals surface area (Å²) in [4.78, 5) is 27.1. The first-order chi connectivity index (χ1) is 10.1. The second-order valence-electron chi connectivity index (χ2n) is 6.53. The van der Waals surface area contributed by atoms with Crippen LogP contribution in [0.25, 0.3) is 0 Å². The molecule has 0 amide bonds. The highest BCUT2D eigenvalue weighted by Crippen LogP contribution is 2.47. The molecule has 0 N–H and O–H groups in total. The monoisotopic (exact) mass is 281 g/mol. The zero-order chi connectivity index (χ0) is 14.6. The summed E-state index contributed by atoms with van der Waals surface area (Å²) in [6.45, 7) is 3.07. The molecule has 0 saturated carbocycles. The van der Waals surface area contributed by atoms with Gasteiger partial charge in [0.15, 0.2) is 11.6 Å². The third-order valence-electron chi connectivity index (χ3n) is 5.29. The molecule has 1 atom stereocenters. The van der Waals surface area contributed by atoms with Crippen LogP contribution in [-0.4, -0.2) is 23.0 Å². The molecule has 4 rings (SSSR count). The van der Waals surface area contributed by atoms with Crippen molar-refractivity contribution in [1.29, 1.82) is 0 Å². The van der Waals surface area contributed by atoms with Gasteiger partial charge >= 0.3 is 0 Å². The fraction of sp³-hybridized carbons (Fsp3) is 0.444. The van der Waals surface area contributed by atoms with Crippen LogP contribution in [-0.2, 0) is 21.5 Å². The first-order valence-electron chi connectivity index (χ1n) is 7.77. The van der Waals surface area contributed by atoms with Gasteiger partial charge in [-0.1, -0.05) is 24.3 Å². The van der Waals surface area contributed by atoms with E-state index in [1.165, 1.54) is 11.1 Å². The number of ketones is 2. The van der Waals surface area contributed by atoms with Crippen LogP contribution in [0.15, 0.2) is 35.5 Å². The van der Waals surface area contributed by atoms with Gasteiger partial charge in [0, 0.05) is 25.1 Å². The smallest absolute Gasteiger partial charge is 0.170 e. The molecule has 3 nitrogen and oxygen atoms in total. The van der Waals surface area contributed by atoms with E-state index in [-0.39, 0.29) is 17.1 Å². The molecule has 0 fully saturated rings. The highest BCUT2D eigenvalue weighted by molar-refractivity contribution is 6.21. The second kappa shape index (κ2) is 4.30. The maximum atomic E-state index is 12.6. The average molecular weight is 281 g/mol. The molecule has 0 unspecified atom stereocenters. The zero-order valence-electron chi connectivity index (χ0n) is 12.3. The Morgan fingerprint density at radius 2 is 1.86 bits per heavy atom. The summed E-state index contributed by atoms with van der Waals surface area (Å²) in [7, 11) is 0. The molecule has 1 aliphatic carbocycles. The van der Waals surface area contributed by atoms with E-state index < -0.39 is 0 Å². The molecule has 1 aromatic rings. The number of rotatable bonds is 0. The van der Waals surface area contributed by atoms with Gasteiger partial charge in [-0.2, -0.15) is 0 Å². The molecule has 3 aliphatic rings. The summed E-state index contributed by atoms with van der Waals surface area (Å²) in [5.41, 5.74) is 3.85. The van der Waals surface area contributed by atoms with Crippen molar-refractivity contribution in [3.63, 3.8) is 0 Å². The Morgan fingerprint density at radius 3 is 2.71 bits per heavy atom. The number of nitrogens with zero attached hydrogens (tertiary/aromatic N) is 1. The number of carbonyl (C=O) groups is 2. The SMILES string of the molecule is C[C@]12CC(=O)C3=C(CCCC3=O)N1CCc1ccccc12. The molecule has 3 heteroatoms. The Hall–Kier alpha value is -1.90. The van der Waals surface area contributed by atoms with Gasteiger partial charge in [-0.3, -0.25) is 9.59 Å². The van der Waals surface area contributed by atoms with Crippen molar-refractivity contribution in [2.24, 2.45) is 0 Å². The minimum Gasteiger partial charge on any atom is -0.364 e. The van der Waals surface area contributed by atoms with Gasteiger partial charge in [0.25, 0.3) is 0 Å². The third kappa shape index (κ3) is 1.66. The number of benzene rings is 1. The largest absolute Gasteiger partial charge is 0.364 e. The van der Waals surface area contributed by atoms with Crippen LogP contribution < -0.4 is 0 Å². The Labute approximate surface area is 124 Å². The lowest BCUT2D eigenvalue weighted by molar-refractivity contribution is -0.125. The van der Waals surface area contributed by atoms with Crippen LogP contribution in [0, 0.1) is 0 Å². The van der Waals surface area contributed by atoms with Crippen molar-refractivity contribution in [3.8, 4) is 0 Å². The van der Waals surface area contributed by atoms with Crippen LogP contribution in [0.5, 0.6) is 0 Å². The summed E-state index contributed by atoms with van der Waals surface area (Å²) in [6, 6.07) is 8.43. The van der Waals surface area contributed by atoms with Crippen molar-refractivity contribution in [2.45, 2.75) is 44.6 Å². The Bertz CT molecular complexity index is 688. The summed E-state index contributed by atoms with van der Waals surface area (Å²) >= 11 is 0. The number of fused-ring (bicyclic) bond motifs is 4. The van der Waals surface area contributed by atoms with E-state index in [1.54, 1.807) is 0 Å². The molecule has 0 saturated heterocycles. The molecule has 0 bridgehead atoms. The number of hydrogen-bond acceptors (Lipinski definition) is 3. The van der Waals surface area contributed by atoms with Crippen LogP contribution in [0.1, 0.15) is 43.7 Å². The first kappa shape index (κ1) is 12.8. The third-order valence-corrected chi connectivity index (χ3v) is 5.29. The molecule has 21 heavy (non-hydrogen) atoms. The zero-order valence-corrected chi connectivity index (χ0v) is 12.3. The fourth-order valence-electron chi connectivity index (χ4n) is 4.33. The minimum absolute atomic E-state index is 0.0464. The minimum atomic E-state index is -0.275. The van der Waals surface area contributed by atoms with Gasteiger partial charge in [0.2, 0.25) is 0 Å². The highest BCUT2D eigenvalue weighted by atomic mass is 16.1. The predicted octanol–water partition coefficient (Wildman–Crippen LogP) is 2.74. The van der Waals surface area contributed by atoms with E-state index in [1.807, 2.05) is 6.07 Å². The van der Waals surface area contributed by atoms with Gasteiger partial charge < -0.3 is 4.90 Å². The van der Waals surface area contributed by atoms with Gasteiger partial charge in [-0.15, -0.1) is 0 Å². The fourth-order valence-corrected chi connectivity index (χ4v) is 4.33. The van der Waals surface area contributed by atoms with Gasteiger partial charge in [-0.05, 0) is 37.3 Å². The molecule has 2 aliphatic heterocycles. The lowest BCUT2D eigenvalue weighted by Gasteiger charge is -2.52. The normalized spacial score (nSPS) is 28.1. The Morgan fingerprint density at radius 1 is 1.05 bits per heavy atom. The Kier molecular flexibility index (Phi) is 2.62. The average Bonchev–Trinajstić information content (AvgIpc) is 2.47. The summed E-state index contributed by atoms with van der Waals surface area (Å²) in [5, 5.41) is 0. The van der Waals surface area contributed by atoms with Crippen molar-refractivity contribution in [1.82, 2.24) is 4.90 Å². The van der Waals surface area contributed by atoms with Crippen molar-refractivity contribution >= 4 is 11.6 Å². The molecule has 2 heterocycles. The topological polar surface area (TPSA) is 37.4 Å². The summed E-state index contributed by atoms with van der Waals surface area (Å²) in [6.07, 6.45) is 3.69. The van der Waals surface area contributed by atoms with Crippen molar-refractivity contribution in [3.05, 3.63) is 46.7 Å². The van der Waals surface area contributed by atoms with E-state index in [0.717, 1.165) is 31.5 Å². The molecule has 0 radical (unpaired) electrons. The second-order valence-corrected chi connectivity index (χ2v) is 6.53. The predicted molar refractivity (Wildman–Crippen MR) is 79.7 cm³/mol. The lowest BCUT2D eigenvalue weighted by Crippen LogP contribution is -2.53. The summed E-state index contributed by atoms with van der Waals surface area (Å²) < 4.78 is 0. The van der Waals surface area contributed by atoms with E-state index in [2.05, 4.69) is 30.0 Å². The van der Waals surface area contributed by atoms with E-state index in [4.69, 9.17) is 0 Å². The van der Waals surface area contributed by atoms with Gasteiger partial charge in [-0.25, -0.2) is 0 Å². The van der Waals surface area contributed by atoms with Crippen molar-refractivity contribution < 1.29 is 9.59 Å². The first-order valence-corrected chi connectivity index (χ1v) is 7.77. The van der Waals surface area contributed by atoms with E-state index in [9.17, 15) is 9.59 Å². The summed E-state index contributed by atoms with van der Waals surface area (Å²) in [5.74, 6) is 0.104. The van der Waals surface area contributed by atoms with Gasteiger partial charge in [0.05, 0.1) is 11.1 Å². The number of Topliss-reactive ketones (excluding diaryl/α,β-unsaturated/α-hetero) is 2. The standard InChI is InChI=1S/C18H19NO2/c1-18-11-16(21)17-14(7-4-8-15(17)20)19(18)10-9-12-5-2-3-6-13(12)18/h2-3,5-6H,4,7-11H2,1H3/t18-/m1/s1. The van der Waals surface area contributed by atoms with Gasteiger partial charge in [0.1, 0.15) is 0 Å². The van der Waals surface area contributed by atoms with Crippen molar-refractivity contribution in [2.75, 3.05) is 6.54 Å². The van der Waals surface area contributed by atoms with E-state index >= 15 is 0 Å². The molecule has 108 valence electrons. The molecule has 1 aromatic carbocycles. The molecular weight excluding hydrogens is 262 g/mol. The maximum Gasteiger partial charge on any atom is 0.170 e. The van der Waals surface area contributed by atoms with Crippen LogP contribution in [0.2, 0.25) is 0 Å². The van der Waals surface area contributed by atoms with Crippen LogP contribution in [0.3, 0.4) is 0 Å². The van der Waals surface area contributed by atoms with E-state index in [0.29, 0.717) is 18.4 Å². The van der Waals surface area contributed by atoms with Crippen LogP contribution in [0.4, 0.5) is 0 Å². The number of allylic oxidation sites excluding steroid dienone is 2. The number of carbonyl (C=O) groups excluding carboxylic acids is 2. The quantitative estimate of drug-likeness (QED) is 0.686. The Balaban J connectivity index is 1.90. The lowest BCUT2D eigenvalue weighted by atomic mass is 9.72. The maximum absolute atomic E-state index is 12.6. The molecule has 0 spiro atoms. The molecular formula is C18H19NO2. The highest BCUT2D eigenvalue weighted by Gasteiger charge is 2.47. The van der Waals surface area contributed by atoms with Crippen LogP contribution >= 0.6 is 0 Å². The molecule has 0 aromatic heterocycles.